The van der Waals surface area contributed by atoms with Gasteiger partial charge >= 0.3 is 0 Å². The Hall–Kier alpha value is -1.56. The van der Waals surface area contributed by atoms with E-state index in [-0.39, 0.29) is 23.9 Å². The fourth-order valence-electron chi connectivity index (χ4n) is 4.97. The number of piperazine rings is 1. The number of nitrogens with one attached hydrogen (secondary N) is 1. The molecule has 29 heavy (non-hydrogen) atoms. The van der Waals surface area contributed by atoms with Gasteiger partial charge in [0.25, 0.3) is 5.91 Å². The molecule has 0 unspecified atom stereocenters. The van der Waals surface area contributed by atoms with Crippen LogP contribution in [0.1, 0.15) is 53.8 Å². The topological polar surface area (TPSA) is 48.7 Å². The Balaban J connectivity index is 0.00000240. The first-order valence-electron chi connectivity index (χ1n) is 10.7. The number of likely N-dealkylation sites (N-methyl/N-ethyl adjacent to an activating group) is 1. The van der Waals surface area contributed by atoms with E-state index in [9.17, 15) is 4.79 Å². The van der Waals surface area contributed by atoms with E-state index < -0.39 is 0 Å². The molecule has 0 bridgehead atoms. The zero-order valence-electron chi connectivity index (χ0n) is 17.9. The average molecular weight is 420 g/mol. The smallest absolute Gasteiger partial charge is 0.287 e. The van der Waals surface area contributed by atoms with Gasteiger partial charge in [-0.1, -0.05) is 30.9 Å². The minimum Gasteiger partial charge on any atom is -0.451 e. The summed E-state index contributed by atoms with van der Waals surface area (Å²) in [7, 11) is 2.19. The van der Waals surface area contributed by atoms with Crippen molar-refractivity contribution in [2.24, 2.45) is 0 Å². The molecule has 2 aliphatic rings. The van der Waals surface area contributed by atoms with Crippen molar-refractivity contribution < 1.29 is 9.21 Å². The maximum Gasteiger partial charge on any atom is 0.287 e. The minimum atomic E-state index is -0.0783. The number of carbonyl (C=O) groups excluding carboxylic acids is 1. The molecule has 1 amide bonds. The highest BCUT2D eigenvalue weighted by Crippen LogP contribution is 2.34. The second-order valence-electron chi connectivity index (χ2n) is 8.81. The average Bonchev–Trinajstić information content (AvgIpc) is 3.03. The third-order valence-corrected chi connectivity index (χ3v) is 6.83. The number of nitrogens with zero attached hydrogens (tertiary/aromatic N) is 2. The molecule has 0 radical (unpaired) electrons. The van der Waals surface area contributed by atoms with E-state index >= 15 is 0 Å². The predicted octanol–water partition coefficient (Wildman–Crippen LogP) is 4.15. The molecule has 0 spiro atoms. The van der Waals surface area contributed by atoms with Gasteiger partial charge in [-0.25, -0.2) is 0 Å². The summed E-state index contributed by atoms with van der Waals surface area (Å²) < 4.78 is 5.92. The van der Waals surface area contributed by atoms with Gasteiger partial charge in [-0.05, 0) is 45.9 Å². The molecular formula is C23H34ClN3O2. The first kappa shape index (κ1) is 22.1. The van der Waals surface area contributed by atoms with Crippen LogP contribution in [0.3, 0.4) is 0 Å². The Morgan fingerprint density at radius 2 is 1.79 bits per heavy atom. The van der Waals surface area contributed by atoms with Crippen molar-refractivity contribution in [2.75, 3.05) is 39.8 Å². The largest absolute Gasteiger partial charge is 0.451 e. The Bertz CT molecular complexity index is 849. The summed E-state index contributed by atoms with van der Waals surface area (Å²) in [6.45, 7) is 9.16. The number of carbonyl (C=O) groups is 1. The lowest BCUT2D eigenvalue weighted by Crippen LogP contribution is -2.61. The summed E-state index contributed by atoms with van der Waals surface area (Å²) in [6.07, 6.45) is 6.17. The third kappa shape index (κ3) is 4.47. The van der Waals surface area contributed by atoms with Crippen LogP contribution in [-0.2, 0) is 0 Å². The van der Waals surface area contributed by atoms with Crippen LogP contribution in [0.25, 0.3) is 11.0 Å². The first-order chi connectivity index (χ1) is 13.5. The molecule has 1 aliphatic heterocycles. The van der Waals surface area contributed by atoms with Crippen molar-refractivity contribution in [2.45, 2.75) is 51.5 Å². The molecule has 1 aromatic carbocycles. The van der Waals surface area contributed by atoms with Crippen LogP contribution in [0.4, 0.5) is 0 Å². The molecule has 6 heteroatoms. The Kier molecular flexibility index (Phi) is 6.92. The van der Waals surface area contributed by atoms with Crippen molar-refractivity contribution in [3.63, 3.8) is 0 Å². The lowest BCUT2D eigenvalue weighted by molar-refractivity contribution is 0.0136. The van der Waals surface area contributed by atoms with Gasteiger partial charge in [-0.3, -0.25) is 9.69 Å². The molecule has 160 valence electrons. The van der Waals surface area contributed by atoms with Crippen molar-refractivity contribution in [3.8, 4) is 0 Å². The molecule has 1 saturated carbocycles. The molecule has 1 aliphatic carbocycles. The molecule has 5 nitrogen and oxygen atoms in total. The molecule has 1 aromatic heterocycles. The van der Waals surface area contributed by atoms with Crippen LogP contribution < -0.4 is 5.32 Å². The summed E-state index contributed by atoms with van der Waals surface area (Å²) in [5.41, 5.74) is 3.01. The number of halogens is 1. The quantitative estimate of drug-likeness (QED) is 0.808. The van der Waals surface area contributed by atoms with E-state index in [0.717, 1.165) is 42.7 Å². The molecule has 1 saturated heterocycles. The number of benzene rings is 1. The fraction of sp³-hybridized carbons (Fsp3) is 0.609. The van der Waals surface area contributed by atoms with E-state index in [1.807, 2.05) is 19.1 Å². The number of amides is 1. The van der Waals surface area contributed by atoms with Gasteiger partial charge in [0.05, 0.1) is 0 Å². The van der Waals surface area contributed by atoms with Crippen LogP contribution in [0.2, 0.25) is 0 Å². The second-order valence-corrected chi connectivity index (χ2v) is 8.81. The lowest BCUT2D eigenvalue weighted by Gasteiger charge is -2.49. The Morgan fingerprint density at radius 3 is 2.48 bits per heavy atom. The maximum atomic E-state index is 13.0. The van der Waals surface area contributed by atoms with Crippen LogP contribution in [0.5, 0.6) is 0 Å². The van der Waals surface area contributed by atoms with Crippen molar-refractivity contribution in [1.29, 1.82) is 0 Å². The standard InChI is InChI=1S/C23H33N3O2.ClH/c1-17-7-8-20-19(15-17)18(2)21(28-20)22(27)24-16-23(9-5-4-6-10-23)26-13-11-25(3)12-14-26;/h7-8,15H,4-6,9-14,16H2,1-3H3,(H,24,27);1H. The third-order valence-electron chi connectivity index (χ3n) is 6.83. The van der Waals surface area contributed by atoms with Gasteiger partial charge in [0.1, 0.15) is 5.58 Å². The Labute approximate surface area is 180 Å². The monoisotopic (exact) mass is 419 g/mol. The highest BCUT2D eigenvalue weighted by molar-refractivity contribution is 5.99. The van der Waals surface area contributed by atoms with Gasteiger partial charge in [-0.15, -0.1) is 12.4 Å². The summed E-state index contributed by atoms with van der Waals surface area (Å²) in [4.78, 5) is 18.0. The summed E-state index contributed by atoms with van der Waals surface area (Å²) >= 11 is 0. The molecule has 2 heterocycles. The molecular weight excluding hydrogens is 386 g/mol. The van der Waals surface area contributed by atoms with Gasteiger partial charge in [0, 0.05) is 49.2 Å². The molecule has 2 aromatic rings. The summed E-state index contributed by atoms with van der Waals surface area (Å²) in [5, 5.41) is 4.28. The summed E-state index contributed by atoms with van der Waals surface area (Å²) in [5.74, 6) is 0.385. The molecule has 2 fully saturated rings. The van der Waals surface area contributed by atoms with Gasteiger partial charge in [-0.2, -0.15) is 0 Å². The van der Waals surface area contributed by atoms with Crippen molar-refractivity contribution >= 4 is 29.3 Å². The zero-order chi connectivity index (χ0) is 19.7. The Morgan fingerprint density at radius 1 is 1.10 bits per heavy atom. The molecule has 1 N–H and O–H groups in total. The number of hydrogen-bond donors (Lipinski definition) is 1. The first-order valence-corrected chi connectivity index (χ1v) is 10.7. The SMILES string of the molecule is Cc1ccc2oc(C(=O)NCC3(N4CCN(C)CC4)CCCCC3)c(C)c2c1.Cl. The van der Waals surface area contributed by atoms with Crippen LogP contribution in [-0.4, -0.2) is 61.0 Å². The number of rotatable bonds is 4. The predicted molar refractivity (Wildman–Crippen MR) is 120 cm³/mol. The molecule has 0 atom stereocenters. The highest BCUT2D eigenvalue weighted by Gasteiger charge is 2.39. The van der Waals surface area contributed by atoms with E-state index in [4.69, 9.17) is 4.42 Å². The fourth-order valence-corrected chi connectivity index (χ4v) is 4.97. The van der Waals surface area contributed by atoms with Crippen LogP contribution in [0.15, 0.2) is 22.6 Å². The molecule has 4 rings (SSSR count). The van der Waals surface area contributed by atoms with Gasteiger partial charge in [0.15, 0.2) is 5.76 Å². The van der Waals surface area contributed by atoms with E-state index in [2.05, 4.69) is 35.2 Å². The summed E-state index contributed by atoms with van der Waals surface area (Å²) in [6, 6.07) is 6.08. The van der Waals surface area contributed by atoms with Gasteiger partial charge < -0.3 is 14.6 Å². The minimum absolute atomic E-state index is 0. The zero-order valence-corrected chi connectivity index (χ0v) is 18.7. The second kappa shape index (κ2) is 9.07. The highest BCUT2D eigenvalue weighted by atomic mass is 35.5. The number of hydrogen-bond acceptors (Lipinski definition) is 4. The maximum absolute atomic E-state index is 13.0. The van der Waals surface area contributed by atoms with E-state index in [0.29, 0.717) is 12.3 Å². The number of furan rings is 1. The van der Waals surface area contributed by atoms with Crippen LogP contribution >= 0.6 is 12.4 Å². The van der Waals surface area contributed by atoms with Crippen LogP contribution in [0, 0.1) is 13.8 Å². The number of fused-ring (bicyclic) bond motifs is 1. The van der Waals surface area contributed by atoms with Gasteiger partial charge in [0.2, 0.25) is 0 Å². The van der Waals surface area contributed by atoms with E-state index in [1.165, 1.54) is 37.7 Å². The van der Waals surface area contributed by atoms with Crippen molar-refractivity contribution in [3.05, 3.63) is 35.1 Å². The normalized spacial score (nSPS) is 20.4. The lowest BCUT2D eigenvalue weighted by atomic mass is 9.79. The van der Waals surface area contributed by atoms with Crippen molar-refractivity contribution in [1.82, 2.24) is 15.1 Å². The number of aryl methyl sites for hydroxylation is 2. The van der Waals surface area contributed by atoms with E-state index in [1.54, 1.807) is 0 Å².